The Balaban J connectivity index is 1.58. The van der Waals surface area contributed by atoms with E-state index >= 15 is 0 Å². The van der Waals surface area contributed by atoms with Crippen LogP contribution in [0.1, 0.15) is 6.92 Å². The van der Waals surface area contributed by atoms with Crippen LogP contribution in [0.3, 0.4) is 0 Å². The number of rotatable bonds is 4. The molecule has 7 heteroatoms. The third-order valence-electron chi connectivity index (χ3n) is 5.09. The maximum Gasteiger partial charge on any atom is 0.269 e. The first-order valence-corrected chi connectivity index (χ1v) is 9.25. The quantitative estimate of drug-likeness (QED) is 0.304. The maximum absolute atomic E-state index is 10.8. The van der Waals surface area contributed by atoms with Crippen molar-refractivity contribution in [2.24, 2.45) is 0 Å². The number of non-ortho nitro benzene ring substituents is 1. The lowest BCUT2D eigenvalue weighted by molar-refractivity contribution is -0.384. The molecule has 0 aliphatic rings. The molecule has 7 nitrogen and oxygen atoms in total. The van der Waals surface area contributed by atoms with Crippen molar-refractivity contribution in [3.05, 3.63) is 76.8 Å². The first-order chi connectivity index (χ1) is 14.2. The number of nitro benzene ring substituents is 1. The summed E-state index contributed by atoms with van der Waals surface area (Å²) in [5.41, 5.74) is 3.84. The van der Waals surface area contributed by atoms with Crippen molar-refractivity contribution >= 4 is 27.5 Å². The molecule has 0 radical (unpaired) electrons. The van der Waals surface area contributed by atoms with E-state index in [9.17, 15) is 10.1 Å². The van der Waals surface area contributed by atoms with Crippen molar-refractivity contribution < 1.29 is 9.34 Å². The van der Waals surface area contributed by atoms with Crippen LogP contribution < -0.4 is 0 Å². The molecule has 0 saturated carbocycles. The Bertz CT molecular complexity index is 1370. The van der Waals surface area contributed by atoms with Gasteiger partial charge in [-0.05, 0) is 43.3 Å². The third kappa shape index (κ3) is 2.75. The van der Waals surface area contributed by atoms with Crippen LogP contribution in [0.25, 0.3) is 44.7 Å². The molecule has 0 aliphatic heterocycles. The van der Waals surface area contributed by atoms with E-state index in [-0.39, 0.29) is 5.69 Å². The molecule has 5 rings (SSSR count). The molecule has 5 aromatic rings. The summed E-state index contributed by atoms with van der Waals surface area (Å²) in [4.78, 5) is 10.4. The monoisotopic (exact) mass is 384 g/mol. The van der Waals surface area contributed by atoms with Crippen LogP contribution in [0.15, 0.2) is 71.1 Å². The molecule has 2 aromatic heterocycles. The van der Waals surface area contributed by atoms with E-state index < -0.39 is 4.92 Å². The van der Waals surface area contributed by atoms with E-state index in [2.05, 4.69) is 46.0 Å². The Morgan fingerprint density at radius 2 is 1.55 bits per heavy atom. The van der Waals surface area contributed by atoms with Gasteiger partial charge in [0.2, 0.25) is 11.8 Å². The van der Waals surface area contributed by atoms with Gasteiger partial charge in [-0.15, -0.1) is 10.2 Å². The number of hydrogen-bond donors (Lipinski definition) is 0. The van der Waals surface area contributed by atoms with E-state index in [4.69, 9.17) is 4.42 Å². The van der Waals surface area contributed by atoms with Gasteiger partial charge in [0.05, 0.1) is 4.92 Å². The van der Waals surface area contributed by atoms with Gasteiger partial charge < -0.3 is 8.98 Å². The molecule has 2 heterocycles. The summed E-state index contributed by atoms with van der Waals surface area (Å²) < 4.78 is 8.13. The van der Waals surface area contributed by atoms with Gasteiger partial charge in [0.15, 0.2) is 0 Å². The molecule has 0 amide bonds. The van der Waals surface area contributed by atoms with Gasteiger partial charge in [0.25, 0.3) is 5.69 Å². The Hall–Kier alpha value is -4.00. The van der Waals surface area contributed by atoms with Gasteiger partial charge in [-0.1, -0.05) is 18.2 Å². The molecule has 29 heavy (non-hydrogen) atoms. The van der Waals surface area contributed by atoms with Crippen molar-refractivity contribution in [1.82, 2.24) is 14.8 Å². The van der Waals surface area contributed by atoms with Crippen LogP contribution >= 0.6 is 0 Å². The van der Waals surface area contributed by atoms with Gasteiger partial charge in [-0.25, -0.2) is 0 Å². The lowest BCUT2D eigenvalue weighted by Crippen LogP contribution is -1.92. The van der Waals surface area contributed by atoms with E-state index in [1.807, 2.05) is 18.2 Å². The SMILES string of the molecule is CCn1c2ccccc2c2cc(-c3nnc(-c4ccc([N+](=O)[O-])cc4)o3)ccc21. The maximum atomic E-state index is 10.8. The number of benzene rings is 3. The lowest BCUT2D eigenvalue weighted by Gasteiger charge is -2.02. The molecule has 0 fully saturated rings. The van der Waals surface area contributed by atoms with E-state index in [0.29, 0.717) is 17.3 Å². The second-order valence-electron chi connectivity index (χ2n) is 6.71. The zero-order chi connectivity index (χ0) is 20.0. The number of nitro groups is 1. The third-order valence-corrected chi connectivity index (χ3v) is 5.09. The summed E-state index contributed by atoms with van der Waals surface area (Å²) in [6.07, 6.45) is 0. The number of aryl methyl sites for hydroxylation is 1. The molecular formula is C22H16N4O3. The number of fused-ring (bicyclic) bond motifs is 3. The van der Waals surface area contributed by atoms with Crippen molar-refractivity contribution in [2.45, 2.75) is 13.5 Å². The summed E-state index contributed by atoms with van der Waals surface area (Å²) in [6, 6.07) is 20.5. The molecule has 3 aromatic carbocycles. The Kier molecular flexibility index (Phi) is 3.87. The van der Waals surface area contributed by atoms with Crippen LogP contribution in [0.4, 0.5) is 5.69 Å². The number of nitrogens with zero attached hydrogens (tertiary/aromatic N) is 4. The Labute approximate surface area is 165 Å². The van der Waals surface area contributed by atoms with Gasteiger partial charge in [0, 0.05) is 51.6 Å². The first-order valence-electron chi connectivity index (χ1n) is 9.25. The van der Waals surface area contributed by atoms with Crippen LogP contribution in [-0.2, 0) is 6.54 Å². The molecular weight excluding hydrogens is 368 g/mol. The summed E-state index contributed by atoms with van der Waals surface area (Å²) in [5.74, 6) is 0.736. The second kappa shape index (κ2) is 6.56. The van der Waals surface area contributed by atoms with Crippen LogP contribution in [0.2, 0.25) is 0 Å². The molecule has 142 valence electrons. The molecule has 0 unspecified atom stereocenters. The summed E-state index contributed by atoms with van der Waals surface area (Å²) in [6.45, 7) is 3.02. The minimum Gasteiger partial charge on any atom is -0.416 e. The highest BCUT2D eigenvalue weighted by Crippen LogP contribution is 2.33. The van der Waals surface area contributed by atoms with E-state index in [1.54, 1.807) is 12.1 Å². The predicted molar refractivity (Wildman–Crippen MR) is 111 cm³/mol. The van der Waals surface area contributed by atoms with Gasteiger partial charge >= 0.3 is 0 Å². The summed E-state index contributed by atoms with van der Waals surface area (Å²) >= 11 is 0. The smallest absolute Gasteiger partial charge is 0.269 e. The molecule has 0 spiro atoms. The highest BCUT2D eigenvalue weighted by atomic mass is 16.6. The van der Waals surface area contributed by atoms with Crippen LogP contribution in [0.5, 0.6) is 0 Å². The molecule has 0 N–H and O–H groups in total. The highest BCUT2D eigenvalue weighted by molar-refractivity contribution is 6.09. The minimum atomic E-state index is -0.439. The van der Waals surface area contributed by atoms with Crippen LogP contribution in [-0.4, -0.2) is 19.7 Å². The van der Waals surface area contributed by atoms with E-state index in [0.717, 1.165) is 23.0 Å². The topological polar surface area (TPSA) is 87.0 Å². The summed E-state index contributed by atoms with van der Waals surface area (Å²) in [7, 11) is 0. The highest BCUT2D eigenvalue weighted by Gasteiger charge is 2.15. The minimum absolute atomic E-state index is 0.0197. The predicted octanol–water partition coefficient (Wildman–Crippen LogP) is 5.44. The average Bonchev–Trinajstić information content (AvgIpc) is 3.36. The van der Waals surface area contributed by atoms with Gasteiger partial charge in [-0.2, -0.15) is 0 Å². The van der Waals surface area contributed by atoms with Crippen molar-refractivity contribution in [3.8, 4) is 22.9 Å². The Morgan fingerprint density at radius 3 is 2.28 bits per heavy atom. The normalized spacial score (nSPS) is 11.3. The number of para-hydroxylation sites is 1. The second-order valence-corrected chi connectivity index (χ2v) is 6.71. The van der Waals surface area contributed by atoms with E-state index in [1.165, 1.54) is 23.0 Å². The van der Waals surface area contributed by atoms with Crippen molar-refractivity contribution in [3.63, 3.8) is 0 Å². The standard InChI is InChI=1S/C22H16N4O3/c1-2-25-19-6-4-3-5-17(19)18-13-15(9-12-20(18)25)22-24-23-21(29-22)14-7-10-16(11-8-14)26(27)28/h3-13H,2H2,1H3. The lowest BCUT2D eigenvalue weighted by atomic mass is 10.1. The zero-order valence-corrected chi connectivity index (χ0v) is 15.6. The zero-order valence-electron chi connectivity index (χ0n) is 15.6. The largest absolute Gasteiger partial charge is 0.416 e. The van der Waals surface area contributed by atoms with Crippen molar-refractivity contribution in [1.29, 1.82) is 0 Å². The summed E-state index contributed by atoms with van der Waals surface area (Å²) in [5, 5.41) is 21.4. The molecule has 0 saturated heterocycles. The number of hydrogen-bond acceptors (Lipinski definition) is 5. The fourth-order valence-electron chi connectivity index (χ4n) is 3.71. The fraction of sp³-hybridized carbons (Fsp3) is 0.0909. The molecule has 0 bridgehead atoms. The van der Waals surface area contributed by atoms with Crippen LogP contribution in [0, 0.1) is 10.1 Å². The first kappa shape index (κ1) is 17.1. The van der Waals surface area contributed by atoms with Crippen molar-refractivity contribution in [2.75, 3.05) is 0 Å². The molecule has 0 atom stereocenters. The fourth-order valence-corrected chi connectivity index (χ4v) is 3.71. The van der Waals surface area contributed by atoms with Gasteiger partial charge in [0.1, 0.15) is 0 Å². The Morgan fingerprint density at radius 1 is 0.897 bits per heavy atom. The van der Waals surface area contributed by atoms with Gasteiger partial charge in [-0.3, -0.25) is 10.1 Å². The molecule has 0 aliphatic carbocycles. The number of aromatic nitrogens is 3. The average molecular weight is 384 g/mol.